The smallest absolute Gasteiger partial charge is 0.358 e. The molecule has 6 heteroatoms. The molecule has 0 saturated heterocycles. The first-order valence-electron chi connectivity index (χ1n) is 4.28. The maximum Gasteiger partial charge on any atom is 0.358 e. The van der Waals surface area contributed by atoms with Gasteiger partial charge < -0.3 is 5.73 Å². The molecular weight excluding hydrogens is 256 g/mol. The molecule has 84 valence electrons. The minimum atomic E-state index is -3.63. The molecule has 1 heterocycles. The van der Waals surface area contributed by atoms with Gasteiger partial charge in [-0.1, -0.05) is 11.6 Å². The molecule has 2 nitrogen and oxygen atoms in total. The first-order chi connectivity index (χ1) is 7.41. The molecule has 0 bridgehead atoms. The van der Waals surface area contributed by atoms with E-state index >= 15 is 0 Å². The molecule has 2 rings (SSSR count). The highest BCUT2D eigenvalue weighted by Gasteiger charge is 2.40. The molecule has 1 amide bonds. The van der Waals surface area contributed by atoms with Crippen molar-refractivity contribution in [3.63, 3.8) is 0 Å². The zero-order chi connectivity index (χ0) is 11.9. The number of nitrogens with two attached hydrogens (primary N) is 1. The number of alkyl halides is 2. The van der Waals surface area contributed by atoms with Crippen LogP contribution in [0.15, 0.2) is 24.3 Å². The van der Waals surface area contributed by atoms with Crippen LogP contribution in [-0.4, -0.2) is 5.91 Å². The highest BCUT2D eigenvalue weighted by molar-refractivity contribution is 7.19. The van der Waals surface area contributed by atoms with Crippen LogP contribution in [0, 0.1) is 0 Å². The molecule has 0 aliphatic carbocycles. The van der Waals surface area contributed by atoms with Gasteiger partial charge >= 0.3 is 5.92 Å². The van der Waals surface area contributed by atoms with Crippen LogP contribution in [0.5, 0.6) is 0 Å². The molecule has 0 aliphatic heterocycles. The van der Waals surface area contributed by atoms with Crippen molar-refractivity contribution < 1.29 is 13.6 Å². The van der Waals surface area contributed by atoms with E-state index in [9.17, 15) is 13.6 Å². The van der Waals surface area contributed by atoms with E-state index in [0.717, 1.165) is 11.3 Å². The van der Waals surface area contributed by atoms with Gasteiger partial charge in [-0.15, -0.1) is 11.3 Å². The number of carbonyl (C=O) groups excluding carboxylic acids is 1. The first kappa shape index (κ1) is 11.3. The number of rotatable bonds is 2. The van der Waals surface area contributed by atoms with Crippen LogP contribution in [0.25, 0.3) is 10.1 Å². The number of halogens is 3. The maximum atomic E-state index is 13.3. The van der Waals surface area contributed by atoms with E-state index in [-0.39, 0.29) is 4.88 Å². The average molecular weight is 262 g/mol. The molecule has 2 N–H and O–H groups in total. The Labute approximate surface area is 98.6 Å². The monoisotopic (exact) mass is 261 g/mol. The summed E-state index contributed by atoms with van der Waals surface area (Å²) in [4.78, 5) is 10.3. The number of carbonyl (C=O) groups is 1. The van der Waals surface area contributed by atoms with Crippen molar-refractivity contribution >= 4 is 38.9 Å². The zero-order valence-electron chi connectivity index (χ0n) is 7.84. The predicted molar refractivity (Wildman–Crippen MR) is 59.9 cm³/mol. The Morgan fingerprint density at radius 3 is 2.69 bits per heavy atom. The summed E-state index contributed by atoms with van der Waals surface area (Å²) >= 11 is 6.56. The Bertz CT molecular complexity index is 567. The summed E-state index contributed by atoms with van der Waals surface area (Å²) in [5, 5.41) is 1.03. The van der Waals surface area contributed by atoms with Crippen molar-refractivity contribution in [1.29, 1.82) is 0 Å². The SMILES string of the molecule is NC(=O)C(F)(F)c1cc2cc(Cl)ccc2s1. The van der Waals surface area contributed by atoms with Gasteiger partial charge in [0.2, 0.25) is 0 Å². The summed E-state index contributed by atoms with van der Waals surface area (Å²) in [5.41, 5.74) is 4.65. The second kappa shape index (κ2) is 3.68. The summed E-state index contributed by atoms with van der Waals surface area (Å²) in [5.74, 6) is -5.28. The lowest BCUT2D eigenvalue weighted by molar-refractivity contribution is -0.142. The van der Waals surface area contributed by atoms with Crippen molar-refractivity contribution in [3.05, 3.63) is 34.2 Å². The van der Waals surface area contributed by atoms with Crippen LogP contribution in [0.2, 0.25) is 5.02 Å². The Morgan fingerprint density at radius 2 is 2.06 bits per heavy atom. The molecule has 0 unspecified atom stereocenters. The lowest BCUT2D eigenvalue weighted by atomic mass is 10.2. The number of fused-ring (bicyclic) bond motifs is 1. The second-order valence-corrected chi connectivity index (χ2v) is 4.75. The zero-order valence-corrected chi connectivity index (χ0v) is 9.41. The normalized spacial score (nSPS) is 11.9. The number of primary amides is 1. The summed E-state index contributed by atoms with van der Waals surface area (Å²) in [7, 11) is 0. The maximum absolute atomic E-state index is 13.3. The van der Waals surface area contributed by atoms with Gasteiger partial charge in [-0.25, -0.2) is 0 Å². The van der Waals surface area contributed by atoms with Crippen LogP contribution < -0.4 is 5.73 Å². The quantitative estimate of drug-likeness (QED) is 0.887. The molecule has 1 aromatic heterocycles. The van der Waals surface area contributed by atoms with E-state index in [1.54, 1.807) is 18.2 Å². The minimum absolute atomic E-state index is 0.364. The van der Waals surface area contributed by atoms with Gasteiger partial charge in [-0.3, -0.25) is 4.79 Å². The molecule has 0 spiro atoms. The van der Waals surface area contributed by atoms with Crippen LogP contribution in [-0.2, 0) is 10.7 Å². The van der Waals surface area contributed by atoms with E-state index in [1.165, 1.54) is 6.07 Å². The third-order valence-corrected chi connectivity index (χ3v) is 3.52. The van der Waals surface area contributed by atoms with Gasteiger partial charge in [0.15, 0.2) is 0 Å². The number of amides is 1. The molecule has 0 fully saturated rings. The molecule has 0 aliphatic rings. The first-order valence-corrected chi connectivity index (χ1v) is 5.48. The largest absolute Gasteiger partial charge is 0.364 e. The predicted octanol–water partition coefficient (Wildman–Crippen LogP) is 3.13. The molecule has 0 saturated carbocycles. The minimum Gasteiger partial charge on any atom is -0.364 e. The summed E-state index contributed by atoms with van der Waals surface area (Å²) in [6.45, 7) is 0. The molecule has 2 aromatic rings. The van der Waals surface area contributed by atoms with E-state index in [2.05, 4.69) is 5.73 Å². The van der Waals surface area contributed by atoms with E-state index < -0.39 is 11.8 Å². The van der Waals surface area contributed by atoms with Crippen molar-refractivity contribution in [2.45, 2.75) is 5.92 Å². The van der Waals surface area contributed by atoms with E-state index in [0.29, 0.717) is 15.1 Å². The molecule has 16 heavy (non-hydrogen) atoms. The third kappa shape index (κ3) is 1.76. The highest BCUT2D eigenvalue weighted by atomic mass is 35.5. The standard InChI is InChI=1S/C10H6ClF2NOS/c11-6-1-2-7-5(3-6)4-8(16-7)10(12,13)9(14)15/h1-4H,(H2,14,15). The van der Waals surface area contributed by atoms with Gasteiger partial charge in [0.25, 0.3) is 5.91 Å². The van der Waals surface area contributed by atoms with Gasteiger partial charge in [0.05, 0.1) is 4.88 Å². The Kier molecular flexibility index (Phi) is 2.59. The fraction of sp³-hybridized carbons (Fsp3) is 0.100. The van der Waals surface area contributed by atoms with E-state index in [4.69, 9.17) is 11.6 Å². The van der Waals surface area contributed by atoms with Crippen molar-refractivity contribution in [1.82, 2.24) is 0 Å². The van der Waals surface area contributed by atoms with Crippen molar-refractivity contribution in [2.24, 2.45) is 5.73 Å². The third-order valence-electron chi connectivity index (χ3n) is 2.10. The highest BCUT2D eigenvalue weighted by Crippen LogP contribution is 2.37. The van der Waals surface area contributed by atoms with Crippen LogP contribution in [0.4, 0.5) is 8.78 Å². The van der Waals surface area contributed by atoms with Gasteiger partial charge in [-0.05, 0) is 29.7 Å². The van der Waals surface area contributed by atoms with Gasteiger partial charge in [0.1, 0.15) is 0 Å². The fourth-order valence-electron chi connectivity index (χ4n) is 1.29. The molecule has 0 radical (unpaired) electrons. The van der Waals surface area contributed by atoms with Gasteiger partial charge in [0, 0.05) is 9.72 Å². The van der Waals surface area contributed by atoms with Crippen LogP contribution >= 0.6 is 22.9 Å². The molecule has 0 atom stereocenters. The molecular formula is C10H6ClF2NOS. The second-order valence-electron chi connectivity index (χ2n) is 3.23. The van der Waals surface area contributed by atoms with Crippen molar-refractivity contribution in [2.75, 3.05) is 0 Å². The topological polar surface area (TPSA) is 43.1 Å². The van der Waals surface area contributed by atoms with Gasteiger partial charge in [-0.2, -0.15) is 8.78 Å². The lowest BCUT2D eigenvalue weighted by Crippen LogP contribution is -2.31. The van der Waals surface area contributed by atoms with Crippen molar-refractivity contribution in [3.8, 4) is 0 Å². The number of hydrogen-bond acceptors (Lipinski definition) is 2. The lowest BCUT2D eigenvalue weighted by Gasteiger charge is -2.08. The Hall–Kier alpha value is -1.20. The summed E-state index contributed by atoms with van der Waals surface area (Å²) in [6, 6.07) is 6.03. The average Bonchev–Trinajstić information content (AvgIpc) is 2.60. The molecule has 1 aromatic carbocycles. The fourth-order valence-corrected chi connectivity index (χ4v) is 2.49. The summed E-state index contributed by atoms with van der Waals surface area (Å²) < 4.78 is 27.3. The summed E-state index contributed by atoms with van der Waals surface area (Å²) in [6.07, 6.45) is 0. The number of thiophene rings is 1. The van der Waals surface area contributed by atoms with Crippen LogP contribution in [0.1, 0.15) is 4.88 Å². The number of hydrogen-bond donors (Lipinski definition) is 1. The van der Waals surface area contributed by atoms with E-state index in [1.807, 2.05) is 0 Å². The number of benzene rings is 1. The Morgan fingerprint density at radius 1 is 1.38 bits per heavy atom. The Balaban J connectivity index is 2.59. The van der Waals surface area contributed by atoms with Crippen LogP contribution in [0.3, 0.4) is 0 Å².